The summed E-state index contributed by atoms with van der Waals surface area (Å²) >= 11 is 1.46. The summed E-state index contributed by atoms with van der Waals surface area (Å²) in [4.78, 5) is 22.8. The van der Waals surface area contributed by atoms with E-state index >= 15 is 0 Å². The molecule has 0 bridgehead atoms. The van der Waals surface area contributed by atoms with Gasteiger partial charge in [-0.3, -0.25) is 14.6 Å². The molecule has 0 spiro atoms. The minimum atomic E-state index is 0.0352. The molecule has 2 aliphatic heterocycles. The van der Waals surface area contributed by atoms with Gasteiger partial charge >= 0.3 is 0 Å². The lowest BCUT2D eigenvalue weighted by molar-refractivity contribution is -0.123. The van der Waals surface area contributed by atoms with Gasteiger partial charge in [0.2, 0.25) is 0 Å². The number of carbonyl (C=O) groups excluding carboxylic acids is 1. The summed E-state index contributed by atoms with van der Waals surface area (Å²) in [6.45, 7) is 2.69. The van der Waals surface area contributed by atoms with Crippen LogP contribution in [0.4, 0.5) is 5.69 Å². The number of allylic oxidation sites excluding steroid dienone is 2. The number of likely N-dealkylation sites (tertiary alicyclic amines) is 1. The summed E-state index contributed by atoms with van der Waals surface area (Å²) < 4.78 is 0. The fourth-order valence-corrected chi connectivity index (χ4v) is 4.40. The maximum Gasteiger partial charge on any atom is 0.267 e. The van der Waals surface area contributed by atoms with Gasteiger partial charge in [-0.1, -0.05) is 67.1 Å². The highest BCUT2D eigenvalue weighted by atomic mass is 32.2. The summed E-state index contributed by atoms with van der Waals surface area (Å²) in [6.07, 6.45) is 9.53. The lowest BCUT2D eigenvalue weighted by Gasteiger charge is -2.30. The quantitative estimate of drug-likeness (QED) is 0.637. The molecule has 2 aromatic rings. The van der Waals surface area contributed by atoms with Gasteiger partial charge < -0.3 is 0 Å². The molecule has 2 aliphatic rings. The Labute approximate surface area is 176 Å². The van der Waals surface area contributed by atoms with Gasteiger partial charge in [-0.15, -0.1) is 0 Å². The number of benzene rings is 2. The Morgan fingerprint density at radius 3 is 2.34 bits per heavy atom. The monoisotopic (exact) mass is 403 g/mol. The van der Waals surface area contributed by atoms with Crippen LogP contribution in [-0.4, -0.2) is 40.6 Å². The summed E-state index contributed by atoms with van der Waals surface area (Å²) in [5.41, 5.74) is 1.98. The molecule has 1 amide bonds. The lowest BCUT2D eigenvalue weighted by Crippen LogP contribution is -2.43. The molecule has 2 saturated heterocycles. The van der Waals surface area contributed by atoms with Gasteiger partial charge in [-0.2, -0.15) is 0 Å². The first kappa shape index (κ1) is 19.7. The molecule has 2 fully saturated rings. The summed E-state index contributed by atoms with van der Waals surface area (Å²) in [5.74, 6) is 0.0352. The van der Waals surface area contributed by atoms with Gasteiger partial charge in [-0.25, -0.2) is 4.99 Å². The number of rotatable bonds is 5. The highest BCUT2D eigenvalue weighted by Gasteiger charge is 2.34. The second-order valence-electron chi connectivity index (χ2n) is 7.19. The first-order valence-corrected chi connectivity index (χ1v) is 10.9. The molecule has 0 unspecified atom stereocenters. The van der Waals surface area contributed by atoms with Crippen molar-refractivity contribution in [1.29, 1.82) is 0 Å². The maximum atomic E-state index is 13.1. The van der Waals surface area contributed by atoms with E-state index in [4.69, 9.17) is 4.99 Å². The van der Waals surface area contributed by atoms with E-state index in [1.54, 1.807) is 0 Å². The van der Waals surface area contributed by atoms with Crippen LogP contribution in [0.1, 0.15) is 24.8 Å². The van der Waals surface area contributed by atoms with E-state index in [0.717, 1.165) is 29.5 Å². The molecule has 0 aliphatic carbocycles. The molecule has 0 aromatic heterocycles. The number of nitrogens with zero attached hydrogens (tertiary/aromatic N) is 3. The molecule has 5 heteroatoms. The smallest absolute Gasteiger partial charge is 0.267 e. The van der Waals surface area contributed by atoms with Gasteiger partial charge in [0.25, 0.3) is 5.91 Å². The van der Waals surface area contributed by atoms with E-state index in [1.165, 1.54) is 31.0 Å². The molecule has 0 radical (unpaired) electrons. The third kappa shape index (κ3) is 5.25. The number of aliphatic imine (C=N–C) groups is 1. The van der Waals surface area contributed by atoms with Crippen LogP contribution in [0.15, 0.2) is 82.7 Å². The second-order valence-corrected chi connectivity index (χ2v) is 8.20. The maximum absolute atomic E-state index is 13.1. The number of thioether (sulfide) groups is 1. The highest BCUT2D eigenvalue weighted by molar-refractivity contribution is 8.18. The van der Waals surface area contributed by atoms with Crippen LogP contribution in [0.5, 0.6) is 0 Å². The van der Waals surface area contributed by atoms with E-state index in [9.17, 15) is 4.79 Å². The minimum absolute atomic E-state index is 0.0352. The highest BCUT2D eigenvalue weighted by Crippen LogP contribution is 2.33. The molecule has 4 rings (SSSR count). The zero-order valence-electron chi connectivity index (χ0n) is 16.4. The zero-order valence-corrected chi connectivity index (χ0v) is 17.2. The molecule has 0 atom stereocenters. The van der Waals surface area contributed by atoms with Crippen LogP contribution in [0, 0.1) is 0 Å². The number of amides is 1. The van der Waals surface area contributed by atoms with Crippen molar-refractivity contribution in [2.45, 2.75) is 19.3 Å². The fraction of sp³-hybridized carbons (Fsp3) is 0.250. The number of para-hydroxylation sites is 1. The number of amidine groups is 1. The van der Waals surface area contributed by atoms with Crippen LogP contribution in [-0.2, 0) is 4.79 Å². The van der Waals surface area contributed by atoms with Crippen LogP contribution < -0.4 is 0 Å². The predicted octanol–water partition coefficient (Wildman–Crippen LogP) is 5.29. The van der Waals surface area contributed by atoms with Crippen LogP contribution in [0.3, 0.4) is 0 Å². The van der Waals surface area contributed by atoms with Crippen molar-refractivity contribution >= 4 is 34.6 Å². The number of hydrogen-bond donors (Lipinski definition) is 0. The number of carbonyl (C=O) groups is 1. The minimum Gasteiger partial charge on any atom is -0.286 e. The topological polar surface area (TPSA) is 35.9 Å². The SMILES string of the molecule is O=C1/C(=C\C=C\c2ccccc2)SC(=Nc2ccccc2)N1CN1CCCCC1. The Kier molecular flexibility index (Phi) is 6.60. The van der Waals surface area contributed by atoms with Crippen molar-refractivity contribution in [2.24, 2.45) is 4.99 Å². The van der Waals surface area contributed by atoms with E-state index in [-0.39, 0.29) is 5.91 Å². The van der Waals surface area contributed by atoms with Crippen LogP contribution >= 0.6 is 11.8 Å². The number of piperidine rings is 1. The van der Waals surface area contributed by atoms with Gasteiger partial charge in [0.1, 0.15) is 0 Å². The average molecular weight is 404 g/mol. The van der Waals surface area contributed by atoms with Crippen molar-refractivity contribution in [3.8, 4) is 0 Å². The van der Waals surface area contributed by atoms with E-state index < -0.39 is 0 Å². The van der Waals surface area contributed by atoms with Crippen molar-refractivity contribution in [1.82, 2.24) is 9.80 Å². The van der Waals surface area contributed by atoms with Gasteiger partial charge in [0.05, 0.1) is 17.3 Å². The fourth-order valence-electron chi connectivity index (χ4n) is 3.45. The Bertz CT molecular complexity index is 916. The average Bonchev–Trinajstić information content (AvgIpc) is 3.05. The molecule has 148 valence electrons. The van der Waals surface area contributed by atoms with Gasteiger partial charge in [0, 0.05) is 0 Å². The molecule has 2 heterocycles. The molecule has 0 N–H and O–H groups in total. The van der Waals surface area contributed by atoms with Crippen molar-refractivity contribution < 1.29 is 4.79 Å². The standard InChI is InChI=1S/C24H25N3OS/c28-23-22(16-10-13-20-11-4-1-5-12-20)29-24(25-21-14-6-2-7-15-21)27(23)19-26-17-8-3-9-18-26/h1-2,4-7,10-16H,3,8-9,17-19H2/b13-10+,22-16+,25-24?. The molecular formula is C24H25N3OS. The molecule has 29 heavy (non-hydrogen) atoms. The van der Waals surface area contributed by atoms with E-state index in [2.05, 4.69) is 4.90 Å². The van der Waals surface area contributed by atoms with Crippen molar-refractivity contribution in [2.75, 3.05) is 19.8 Å². The third-order valence-corrected chi connectivity index (χ3v) is 6.02. The summed E-state index contributed by atoms with van der Waals surface area (Å²) in [7, 11) is 0. The van der Waals surface area contributed by atoms with E-state index in [0.29, 0.717) is 11.6 Å². The predicted molar refractivity (Wildman–Crippen MR) is 122 cm³/mol. The Morgan fingerprint density at radius 2 is 1.62 bits per heavy atom. The van der Waals surface area contributed by atoms with Crippen molar-refractivity contribution in [3.63, 3.8) is 0 Å². The molecule has 0 saturated carbocycles. The van der Waals surface area contributed by atoms with Crippen LogP contribution in [0.25, 0.3) is 6.08 Å². The normalized spacial score (nSPS) is 21.0. The van der Waals surface area contributed by atoms with Crippen LogP contribution in [0.2, 0.25) is 0 Å². The first-order chi connectivity index (χ1) is 14.3. The zero-order chi connectivity index (χ0) is 19.9. The van der Waals surface area contributed by atoms with E-state index in [1.807, 2.05) is 83.8 Å². The second kappa shape index (κ2) is 9.72. The first-order valence-electron chi connectivity index (χ1n) is 10.1. The Hall–Kier alpha value is -2.63. The third-order valence-electron chi connectivity index (χ3n) is 4.99. The largest absolute Gasteiger partial charge is 0.286 e. The summed E-state index contributed by atoms with van der Waals surface area (Å²) in [5, 5.41) is 0.756. The van der Waals surface area contributed by atoms with Gasteiger partial charge in [-0.05, 0) is 61.5 Å². The van der Waals surface area contributed by atoms with Gasteiger partial charge in [0.15, 0.2) is 5.17 Å². The molecule has 2 aromatic carbocycles. The molecular weight excluding hydrogens is 378 g/mol. The summed E-state index contributed by atoms with van der Waals surface area (Å²) in [6, 6.07) is 19.9. The Morgan fingerprint density at radius 1 is 0.931 bits per heavy atom. The lowest BCUT2D eigenvalue weighted by atomic mass is 10.1. The number of hydrogen-bond acceptors (Lipinski definition) is 4. The molecule has 4 nitrogen and oxygen atoms in total. The van der Waals surface area contributed by atoms with Crippen molar-refractivity contribution in [3.05, 3.63) is 83.3 Å². The Balaban J connectivity index is 1.56.